The molecular weight excluding hydrogens is 783 g/mol. The number of hydrogen-bond donors (Lipinski definition) is 6. The van der Waals surface area contributed by atoms with Crippen LogP contribution in [0.4, 0.5) is 0 Å². The van der Waals surface area contributed by atoms with Gasteiger partial charge < -0.3 is 50.1 Å². The number of hydrogen-bond acceptors (Lipinski definition) is 10. The summed E-state index contributed by atoms with van der Waals surface area (Å²) in [6.45, 7) is 5.80. The maximum atomic E-state index is 13.0. The lowest BCUT2D eigenvalue weighted by molar-refractivity contribution is -0.139. The summed E-state index contributed by atoms with van der Waals surface area (Å²) in [6, 6.07) is 15.0. The molecule has 58 heavy (non-hydrogen) atoms. The zero-order valence-corrected chi connectivity index (χ0v) is 33.0. The number of amides is 2. The number of aliphatic hydroxyl groups excluding tert-OH is 2. The van der Waals surface area contributed by atoms with E-state index in [9.17, 15) is 19.8 Å². The van der Waals surface area contributed by atoms with Gasteiger partial charge in [0.15, 0.2) is 12.2 Å². The SMILES string of the molecule is O=C([C@@H]1Cc2cc(Cl)cc(-c3ccnc4[nH]c(CO)cc34)c2O1)N1CCNCC1.O=C([C@H]1Cc2cc(Cl)cc(-c3ccnc4[nH]c(CO)cc34)c2O1)N1CCNCC1. The maximum absolute atomic E-state index is 13.0. The number of halogens is 2. The van der Waals surface area contributed by atoms with Gasteiger partial charge in [-0.05, 0) is 59.7 Å². The number of aliphatic hydroxyl groups is 2. The highest BCUT2D eigenvalue weighted by molar-refractivity contribution is 6.31. The van der Waals surface area contributed by atoms with Crippen LogP contribution in [0.15, 0.2) is 60.9 Å². The van der Waals surface area contributed by atoms with Gasteiger partial charge in [0.05, 0.1) is 13.2 Å². The minimum atomic E-state index is -0.531. The Kier molecular flexibility index (Phi) is 10.7. The molecule has 10 rings (SSSR count). The molecule has 4 aliphatic heterocycles. The highest BCUT2D eigenvalue weighted by Gasteiger charge is 2.36. The lowest BCUT2D eigenvalue weighted by atomic mass is 9.99. The number of pyridine rings is 2. The van der Waals surface area contributed by atoms with Crippen molar-refractivity contribution in [3.63, 3.8) is 0 Å². The van der Waals surface area contributed by atoms with Gasteiger partial charge in [-0.2, -0.15) is 0 Å². The number of piperazine rings is 2. The number of aromatic nitrogens is 4. The van der Waals surface area contributed by atoms with Gasteiger partial charge in [0.2, 0.25) is 0 Å². The molecule has 300 valence electrons. The second-order valence-corrected chi connectivity index (χ2v) is 15.7. The molecule has 0 saturated carbocycles. The summed E-state index contributed by atoms with van der Waals surface area (Å²) in [4.78, 5) is 44.5. The number of rotatable bonds is 6. The molecule has 16 heteroatoms. The van der Waals surface area contributed by atoms with Crippen LogP contribution in [0.5, 0.6) is 11.5 Å². The molecule has 0 bridgehead atoms. The third-order valence-electron chi connectivity index (χ3n) is 11.1. The molecule has 6 aromatic rings. The largest absolute Gasteiger partial charge is 0.479 e. The van der Waals surface area contributed by atoms with E-state index in [0.29, 0.717) is 83.2 Å². The monoisotopic (exact) mass is 824 g/mol. The van der Waals surface area contributed by atoms with Crippen molar-refractivity contribution in [2.45, 2.75) is 38.3 Å². The molecule has 8 heterocycles. The van der Waals surface area contributed by atoms with E-state index >= 15 is 0 Å². The molecule has 6 N–H and O–H groups in total. The van der Waals surface area contributed by atoms with Crippen molar-refractivity contribution in [3.8, 4) is 33.8 Å². The van der Waals surface area contributed by atoms with E-state index in [-0.39, 0.29) is 25.0 Å². The van der Waals surface area contributed by atoms with Crippen LogP contribution >= 0.6 is 23.2 Å². The maximum Gasteiger partial charge on any atom is 0.264 e. The van der Waals surface area contributed by atoms with Crippen LogP contribution in [-0.4, -0.2) is 116 Å². The van der Waals surface area contributed by atoms with Crippen LogP contribution in [0.1, 0.15) is 22.5 Å². The van der Waals surface area contributed by atoms with Crippen LogP contribution in [0.2, 0.25) is 10.0 Å². The number of H-pyrrole nitrogens is 2. The first-order valence-corrected chi connectivity index (χ1v) is 20.2. The van der Waals surface area contributed by atoms with Crippen LogP contribution in [0.3, 0.4) is 0 Å². The van der Waals surface area contributed by atoms with Gasteiger partial charge in [0.1, 0.15) is 22.8 Å². The summed E-state index contributed by atoms with van der Waals surface area (Å²) in [5.74, 6) is 1.44. The Balaban J connectivity index is 0.000000150. The Morgan fingerprint density at radius 1 is 0.638 bits per heavy atom. The normalized spacial score (nSPS) is 18.7. The van der Waals surface area contributed by atoms with Crippen LogP contribution in [0.25, 0.3) is 44.3 Å². The van der Waals surface area contributed by atoms with Gasteiger partial charge in [-0.1, -0.05) is 23.2 Å². The van der Waals surface area contributed by atoms with Gasteiger partial charge in [-0.25, -0.2) is 9.97 Å². The predicted molar refractivity (Wildman–Crippen MR) is 220 cm³/mol. The fourth-order valence-corrected chi connectivity index (χ4v) is 8.79. The number of benzene rings is 2. The number of fused-ring (bicyclic) bond motifs is 4. The molecule has 0 radical (unpaired) electrons. The molecular formula is C42H42Cl2N8O6. The highest BCUT2D eigenvalue weighted by Crippen LogP contribution is 2.45. The highest BCUT2D eigenvalue weighted by atomic mass is 35.5. The summed E-state index contributed by atoms with van der Waals surface area (Å²) in [5, 5.41) is 28.4. The molecule has 2 atom stereocenters. The molecule has 14 nitrogen and oxygen atoms in total. The first-order chi connectivity index (χ1) is 28.3. The van der Waals surface area contributed by atoms with Crippen LogP contribution < -0.4 is 20.1 Å². The Morgan fingerprint density at radius 3 is 1.45 bits per heavy atom. The Morgan fingerprint density at radius 2 is 1.05 bits per heavy atom. The molecule has 4 aliphatic rings. The predicted octanol–water partition coefficient (Wildman–Crippen LogP) is 4.22. The number of ether oxygens (including phenoxy) is 2. The summed E-state index contributed by atoms with van der Waals surface area (Å²) in [5.41, 5.74) is 8.08. The van der Waals surface area contributed by atoms with Gasteiger partial charge >= 0.3 is 0 Å². The smallest absolute Gasteiger partial charge is 0.264 e. The summed E-state index contributed by atoms with van der Waals surface area (Å²) in [6.07, 6.45) is 3.37. The van der Waals surface area contributed by atoms with Crippen LogP contribution in [-0.2, 0) is 35.6 Å². The first kappa shape index (κ1) is 38.3. The van der Waals surface area contributed by atoms with E-state index in [4.69, 9.17) is 32.7 Å². The zero-order valence-electron chi connectivity index (χ0n) is 31.5. The molecule has 2 fully saturated rings. The van der Waals surface area contributed by atoms with Crippen molar-refractivity contribution in [1.29, 1.82) is 0 Å². The lowest BCUT2D eigenvalue weighted by Gasteiger charge is -2.29. The third-order valence-corrected chi connectivity index (χ3v) is 11.5. The number of nitrogens with zero attached hydrogens (tertiary/aromatic N) is 4. The molecule has 0 unspecified atom stereocenters. The summed E-state index contributed by atoms with van der Waals surface area (Å²) >= 11 is 12.8. The average molecular weight is 826 g/mol. The quantitative estimate of drug-likeness (QED) is 0.142. The van der Waals surface area contributed by atoms with E-state index < -0.39 is 12.2 Å². The molecule has 0 aliphatic carbocycles. The summed E-state index contributed by atoms with van der Waals surface area (Å²) < 4.78 is 12.4. The Labute approximate surface area is 343 Å². The fourth-order valence-electron chi connectivity index (χ4n) is 8.31. The molecule has 2 saturated heterocycles. The van der Waals surface area contributed by atoms with Gasteiger partial charge in [-0.3, -0.25) is 9.59 Å². The van der Waals surface area contributed by atoms with E-state index in [2.05, 4.69) is 30.6 Å². The number of carbonyl (C=O) groups is 2. The van der Waals surface area contributed by atoms with Crippen molar-refractivity contribution in [2.24, 2.45) is 0 Å². The standard InChI is InChI=1S/2C21H21ClN4O3/c2*22-13-7-12-8-18(21(28)26-5-3-23-4-6-26)29-19(12)16(9-13)15-1-2-24-20-17(15)10-14(11-27)25-20/h2*1-2,7,9-10,18,23,27H,3-6,8,11H2,(H,24,25)/t2*18-/m10/s1. The van der Waals surface area contributed by atoms with Gasteiger partial charge in [0.25, 0.3) is 11.8 Å². The fraction of sp³-hybridized carbons (Fsp3) is 0.333. The number of carbonyl (C=O) groups excluding carboxylic acids is 2. The minimum absolute atomic E-state index is 0.0221. The number of nitrogens with one attached hydrogen (secondary N) is 4. The number of aromatic amines is 2. The molecule has 4 aromatic heterocycles. The second kappa shape index (κ2) is 16.2. The van der Waals surface area contributed by atoms with Gasteiger partial charge in [-0.15, -0.1) is 0 Å². The topological polar surface area (TPSA) is 181 Å². The van der Waals surface area contributed by atoms with Crippen molar-refractivity contribution >= 4 is 57.1 Å². The van der Waals surface area contributed by atoms with Crippen molar-refractivity contribution in [3.05, 3.63) is 93.5 Å². The lowest BCUT2D eigenvalue weighted by Crippen LogP contribution is -2.50. The van der Waals surface area contributed by atoms with Crippen LogP contribution in [0, 0.1) is 0 Å². The minimum Gasteiger partial charge on any atom is -0.479 e. The Bertz CT molecular complexity index is 2360. The van der Waals surface area contributed by atoms with Crippen molar-refractivity contribution in [1.82, 2.24) is 40.4 Å². The van der Waals surface area contributed by atoms with E-state index in [1.165, 1.54) is 0 Å². The van der Waals surface area contributed by atoms with Crippen molar-refractivity contribution in [2.75, 3.05) is 52.4 Å². The first-order valence-electron chi connectivity index (χ1n) is 19.4. The third kappa shape index (κ3) is 7.36. The molecule has 2 aromatic carbocycles. The van der Waals surface area contributed by atoms with E-state index in [1.807, 2.05) is 58.3 Å². The molecule has 0 spiro atoms. The second-order valence-electron chi connectivity index (χ2n) is 14.8. The zero-order chi connectivity index (χ0) is 39.9. The summed E-state index contributed by atoms with van der Waals surface area (Å²) in [7, 11) is 0. The van der Waals surface area contributed by atoms with E-state index in [0.717, 1.165) is 70.3 Å². The molecule has 2 amide bonds. The average Bonchev–Trinajstić information content (AvgIpc) is 4.07. The van der Waals surface area contributed by atoms with Crippen molar-refractivity contribution < 1.29 is 29.3 Å². The Hall–Kier alpha value is -5.22. The van der Waals surface area contributed by atoms with E-state index in [1.54, 1.807) is 12.4 Å². The van der Waals surface area contributed by atoms with Gasteiger partial charge in [0, 0.05) is 132 Å².